The second kappa shape index (κ2) is 8.39. The van der Waals surface area contributed by atoms with Crippen molar-refractivity contribution < 1.29 is 27.4 Å². The van der Waals surface area contributed by atoms with Gasteiger partial charge >= 0.3 is 16.4 Å². The maximum absolute atomic E-state index is 10.7. The van der Waals surface area contributed by atoms with Gasteiger partial charge in [0.1, 0.15) is 0 Å². The van der Waals surface area contributed by atoms with Crippen LogP contribution in [0.4, 0.5) is 5.69 Å². The molecule has 0 saturated carbocycles. The van der Waals surface area contributed by atoms with Crippen LogP contribution in [0.15, 0.2) is 41.5 Å². The van der Waals surface area contributed by atoms with E-state index in [1.807, 2.05) is 19.1 Å². The number of carbonyl (C=O) groups is 1. The first-order chi connectivity index (χ1) is 10.6. The Labute approximate surface area is 136 Å². The Hall–Kier alpha value is -2.27. The number of hydrogen-bond acceptors (Lipinski definition) is 6. The molecule has 0 bridgehead atoms. The molecule has 124 valence electrons. The monoisotopic (exact) mass is 358 g/mol. The third-order valence-electron chi connectivity index (χ3n) is 2.28. The molecule has 8 nitrogen and oxygen atoms in total. The minimum Gasteiger partial charge on any atom is -0.478 e. The van der Waals surface area contributed by atoms with Crippen molar-refractivity contribution in [2.24, 2.45) is 5.10 Å². The van der Waals surface area contributed by atoms with E-state index in [9.17, 15) is 4.79 Å². The Kier molecular flexibility index (Phi) is 6.85. The molecule has 2 aromatic rings. The van der Waals surface area contributed by atoms with Crippen molar-refractivity contribution in [1.82, 2.24) is 0 Å². The highest BCUT2D eigenvalue weighted by atomic mass is 32.3. The number of aromatic carboxylic acids is 1. The van der Waals surface area contributed by atoms with Crippen molar-refractivity contribution in [3.63, 3.8) is 0 Å². The average Bonchev–Trinajstić information content (AvgIpc) is 2.83. The van der Waals surface area contributed by atoms with Gasteiger partial charge in [-0.25, -0.2) is 4.79 Å². The van der Waals surface area contributed by atoms with E-state index >= 15 is 0 Å². The molecule has 0 spiro atoms. The van der Waals surface area contributed by atoms with Crippen LogP contribution in [0.1, 0.15) is 20.1 Å². The zero-order valence-electron chi connectivity index (χ0n) is 11.9. The van der Waals surface area contributed by atoms with Crippen LogP contribution in [0.3, 0.4) is 0 Å². The lowest BCUT2D eigenvalue weighted by Crippen LogP contribution is -1.96. The van der Waals surface area contributed by atoms with Crippen LogP contribution < -0.4 is 5.43 Å². The number of nitrogens with zero attached hydrogens (tertiary/aromatic N) is 1. The van der Waals surface area contributed by atoms with E-state index in [4.69, 9.17) is 22.6 Å². The van der Waals surface area contributed by atoms with Crippen molar-refractivity contribution in [3.8, 4) is 0 Å². The van der Waals surface area contributed by atoms with E-state index in [0.717, 1.165) is 10.6 Å². The Balaban J connectivity index is 0.000000463. The maximum atomic E-state index is 10.7. The summed E-state index contributed by atoms with van der Waals surface area (Å²) in [5.41, 5.74) is 3.87. The summed E-state index contributed by atoms with van der Waals surface area (Å²) >= 11 is 1.66. The standard InChI is InChI=1S/C13H12N2O2S.H2O4S/c1-9-2-7-12(18-9)8-14-15-11-5-3-10(4-6-11)13(16)17;1-5(2,3)4/h2-8,15H,1H3,(H,16,17);(H2,1,2,3,4). The lowest BCUT2D eigenvalue weighted by molar-refractivity contribution is 0.0697. The van der Waals surface area contributed by atoms with Crippen LogP contribution in [0.25, 0.3) is 0 Å². The minimum absolute atomic E-state index is 0.262. The molecular formula is C13H14N2O6S2. The van der Waals surface area contributed by atoms with E-state index in [0.29, 0.717) is 0 Å². The van der Waals surface area contributed by atoms with Crippen LogP contribution in [-0.2, 0) is 10.4 Å². The van der Waals surface area contributed by atoms with Gasteiger partial charge in [-0.2, -0.15) is 13.5 Å². The second-order valence-electron chi connectivity index (χ2n) is 4.15. The van der Waals surface area contributed by atoms with Gasteiger partial charge in [0.25, 0.3) is 0 Å². The molecule has 0 unspecified atom stereocenters. The topological polar surface area (TPSA) is 136 Å². The quantitative estimate of drug-likeness (QED) is 0.374. The highest BCUT2D eigenvalue weighted by molar-refractivity contribution is 7.79. The smallest absolute Gasteiger partial charge is 0.394 e. The molecule has 1 aromatic heterocycles. The summed E-state index contributed by atoms with van der Waals surface area (Å²) in [5.74, 6) is -0.931. The summed E-state index contributed by atoms with van der Waals surface area (Å²) in [7, 11) is -4.67. The van der Waals surface area contributed by atoms with Gasteiger partial charge in [0, 0.05) is 9.75 Å². The molecule has 23 heavy (non-hydrogen) atoms. The highest BCUT2D eigenvalue weighted by Crippen LogP contribution is 2.13. The van der Waals surface area contributed by atoms with Gasteiger partial charge in [-0.15, -0.1) is 11.3 Å². The van der Waals surface area contributed by atoms with E-state index in [1.54, 1.807) is 29.7 Å². The maximum Gasteiger partial charge on any atom is 0.394 e. The molecule has 0 fully saturated rings. The first kappa shape index (κ1) is 18.8. The van der Waals surface area contributed by atoms with Crippen molar-refractivity contribution in [1.29, 1.82) is 0 Å². The average molecular weight is 358 g/mol. The Morgan fingerprint density at radius 1 is 1.17 bits per heavy atom. The number of benzene rings is 1. The number of rotatable bonds is 4. The summed E-state index contributed by atoms with van der Waals surface area (Å²) in [6, 6.07) is 10.5. The largest absolute Gasteiger partial charge is 0.478 e. The van der Waals surface area contributed by atoms with E-state index in [1.165, 1.54) is 17.0 Å². The number of aryl methyl sites for hydroxylation is 1. The van der Waals surface area contributed by atoms with Crippen molar-refractivity contribution in [2.75, 3.05) is 5.43 Å². The van der Waals surface area contributed by atoms with Crippen LogP contribution in [0, 0.1) is 6.92 Å². The second-order valence-corrected chi connectivity index (χ2v) is 6.36. The Bertz CT molecular complexity index is 773. The molecule has 0 aliphatic carbocycles. The van der Waals surface area contributed by atoms with Crippen LogP contribution in [-0.4, -0.2) is 34.8 Å². The molecule has 4 N–H and O–H groups in total. The van der Waals surface area contributed by atoms with Gasteiger partial charge in [0.2, 0.25) is 0 Å². The summed E-state index contributed by atoms with van der Waals surface area (Å²) < 4.78 is 31.6. The fourth-order valence-electron chi connectivity index (χ4n) is 1.38. The van der Waals surface area contributed by atoms with E-state index in [2.05, 4.69) is 10.5 Å². The molecule has 0 saturated heterocycles. The molecule has 1 aromatic carbocycles. The molecule has 1 heterocycles. The lowest BCUT2D eigenvalue weighted by atomic mass is 10.2. The molecular weight excluding hydrogens is 344 g/mol. The third kappa shape index (κ3) is 8.68. The number of carboxylic acid groups (broad SMARTS) is 1. The lowest BCUT2D eigenvalue weighted by Gasteiger charge is -1.99. The molecule has 0 radical (unpaired) electrons. The Morgan fingerprint density at radius 2 is 1.74 bits per heavy atom. The SMILES string of the molecule is Cc1ccc(C=NNc2ccc(C(=O)O)cc2)s1.O=S(=O)(O)O. The van der Waals surface area contributed by atoms with Gasteiger partial charge in [-0.3, -0.25) is 14.5 Å². The summed E-state index contributed by atoms with van der Waals surface area (Å²) in [6.45, 7) is 2.04. The first-order valence-corrected chi connectivity index (χ1v) is 8.25. The zero-order chi connectivity index (χ0) is 17.5. The normalized spacial score (nSPS) is 10.9. The van der Waals surface area contributed by atoms with Gasteiger partial charge in [0.05, 0.1) is 17.5 Å². The number of hydrazone groups is 1. The molecule has 10 heteroatoms. The van der Waals surface area contributed by atoms with Crippen molar-refractivity contribution >= 4 is 39.6 Å². The predicted octanol–water partition coefficient (Wildman–Crippen LogP) is 2.55. The summed E-state index contributed by atoms with van der Waals surface area (Å²) in [6.07, 6.45) is 1.74. The Morgan fingerprint density at radius 3 is 2.17 bits per heavy atom. The molecule has 2 rings (SSSR count). The molecule has 0 aliphatic rings. The number of anilines is 1. The number of hydrogen-bond donors (Lipinski definition) is 4. The van der Waals surface area contributed by atoms with Crippen LogP contribution >= 0.6 is 11.3 Å². The van der Waals surface area contributed by atoms with Gasteiger partial charge in [-0.1, -0.05) is 0 Å². The summed E-state index contributed by atoms with van der Waals surface area (Å²) in [4.78, 5) is 13.0. The van der Waals surface area contributed by atoms with E-state index < -0.39 is 16.4 Å². The molecule has 0 atom stereocenters. The van der Waals surface area contributed by atoms with Gasteiger partial charge in [0.15, 0.2) is 0 Å². The van der Waals surface area contributed by atoms with Crippen LogP contribution in [0.5, 0.6) is 0 Å². The summed E-state index contributed by atoms with van der Waals surface area (Å²) in [5, 5.41) is 12.8. The molecule has 0 amide bonds. The van der Waals surface area contributed by atoms with Gasteiger partial charge < -0.3 is 5.11 Å². The number of thiophene rings is 1. The number of carboxylic acids is 1. The van der Waals surface area contributed by atoms with Gasteiger partial charge in [-0.05, 0) is 43.3 Å². The number of nitrogens with one attached hydrogen (secondary N) is 1. The fraction of sp³-hybridized carbons (Fsp3) is 0.0769. The highest BCUT2D eigenvalue weighted by Gasteiger charge is 2.00. The van der Waals surface area contributed by atoms with E-state index in [-0.39, 0.29) is 5.56 Å². The third-order valence-corrected chi connectivity index (χ3v) is 3.21. The minimum atomic E-state index is -4.67. The molecule has 0 aliphatic heterocycles. The predicted molar refractivity (Wildman–Crippen MR) is 87.9 cm³/mol. The van der Waals surface area contributed by atoms with Crippen molar-refractivity contribution in [2.45, 2.75) is 6.92 Å². The first-order valence-electron chi connectivity index (χ1n) is 6.04. The van der Waals surface area contributed by atoms with Crippen LogP contribution in [0.2, 0.25) is 0 Å². The fourth-order valence-corrected chi connectivity index (χ4v) is 2.13. The zero-order valence-corrected chi connectivity index (χ0v) is 13.5. The van der Waals surface area contributed by atoms with Crippen molar-refractivity contribution in [3.05, 3.63) is 51.7 Å².